The second kappa shape index (κ2) is 11.6. The zero-order valence-corrected chi connectivity index (χ0v) is 25.6. The summed E-state index contributed by atoms with van der Waals surface area (Å²) in [7, 11) is 0. The van der Waals surface area contributed by atoms with Gasteiger partial charge in [0.05, 0.1) is 11.6 Å². The summed E-state index contributed by atoms with van der Waals surface area (Å²) in [6.07, 6.45) is 0.734. The number of aliphatic hydroxyl groups excluding tert-OH is 1. The fraction of sp³-hybridized carbons (Fsp3) is 0.250. The zero-order chi connectivity index (χ0) is 29.5. The molecule has 1 saturated heterocycles. The van der Waals surface area contributed by atoms with Crippen LogP contribution in [0.25, 0.3) is 5.76 Å². The summed E-state index contributed by atoms with van der Waals surface area (Å²) in [6.45, 7) is 6.18. The Balaban J connectivity index is 1.39. The number of amides is 1. The molecule has 6 rings (SSSR count). The van der Waals surface area contributed by atoms with Crippen LogP contribution < -0.4 is 9.64 Å². The third kappa shape index (κ3) is 5.44. The molecule has 7 nitrogen and oxygen atoms in total. The highest BCUT2D eigenvalue weighted by molar-refractivity contribution is 8.00. The van der Waals surface area contributed by atoms with Crippen LogP contribution in [0.2, 0.25) is 5.02 Å². The van der Waals surface area contributed by atoms with Gasteiger partial charge in [0, 0.05) is 22.8 Å². The molecule has 0 aliphatic carbocycles. The van der Waals surface area contributed by atoms with Gasteiger partial charge in [0.15, 0.2) is 4.34 Å². The quantitative estimate of drug-likeness (QED) is 0.0752. The Bertz CT molecular complexity index is 1700. The van der Waals surface area contributed by atoms with Gasteiger partial charge in [-0.15, -0.1) is 10.2 Å². The number of carbonyl (C=O) groups excluding carboxylic acids is 2. The van der Waals surface area contributed by atoms with Gasteiger partial charge in [-0.25, -0.2) is 0 Å². The lowest BCUT2D eigenvalue weighted by Crippen LogP contribution is -2.29. The maximum Gasteiger partial charge on any atom is 0.301 e. The maximum atomic E-state index is 13.6. The number of thioether (sulfide) groups is 1. The Hall–Kier alpha value is -3.66. The highest BCUT2D eigenvalue weighted by Crippen LogP contribution is 2.45. The first-order valence-corrected chi connectivity index (χ1v) is 15.8. The smallest absolute Gasteiger partial charge is 0.301 e. The van der Waals surface area contributed by atoms with Crippen LogP contribution in [0.15, 0.2) is 76.6 Å². The third-order valence-electron chi connectivity index (χ3n) is 7.41. The van der Waals surface area contributed by atoms with Gasteiger partial charge in [-0.05, 0) is 65.4 Å². The number of halogens is 1. The Labute approximate surface area is 257 Å². The summed E-state index contributed by atoms with van der Waals surface area (Å²) in [5.41, 5.74) is 4.33. The van der Waals surface area contributed by atoms with Crippen molar-refractivity contribution in [1.82, 2.24) is 10.2 Å². The Morgan fingerprint density at radius 2 is 1.83 bits per heavy atom. The number of hydrogen-bond acceptors (Lipinski definition) is 8. The first kappa shape index (κ1) is 28.5. The summed E-state index contributed by atoms with van der Waals surface area (Å²) < 4.78 is 6.46. The minimum absolute atomic E-state index is 0.0229. The van der Waals surface area contributed by atoms with Gasteiger partial charge in [0.1, 0.15) is 17.6 Å². The van der Waals surface area contributed by atoms with Crippen LogP contribution in [-0.4, -0.2) is 33.1 Å². The fourth-order valence-corrected chi connectivity index (χ4v) is 7.17. The predicted molar refractivity (Wildman–Crippen MR) is 166 cm³/mol. The molecule has 1 N–H and O–H groups in total. The van der Waals surface area contributed by atoms with Gasteiger partial charge < -0.3 is 9.84 Å². The third-order valence-corrected chi connectivity index (χ3v) is 9.79. The van der Waals surface area contributed by atoms with E-state index in [0.29, 0.717) is 43.7 Å². The number of fused-ring (bicyclic) bond motifs is 1. The zero-order valence-electron chi connectivity index (χ0n) is 23.2. The molecule has 2 atom stereocenters. The second-order valence-corrected chi connectivity index (χ2v) is 13.3. The molecule has 0 radical (unpaired) electrons. The van der Waals surface area contributed by atoms with E-state index in [-0.39, 0.29) is 17.4 Å². The molecule has 2 aliphatic heterocycles. The predicted octanol–water partition coefficient (Wildman–Crippen LogP) is 7.56. The van der Waals surface area contributed by atoms with E-state index < -0.39 is 17.7 Å². The van der Waals surface area contributed by atoms with Gasteiger partial charge in [-0.1, -0.05) is 84.9 Å². The van der Waals surface area contributed by atoms with Crippen molar-refractivity contribution in [3.05, 3.63) is 105 Å². The maximum absolute atomic E-state index is 13.6. The summed E-state index contributed by atoms with van der Waals surface area (Å²) in [5, 5.41) is 21.1. The number of aromatic nitrogens is 2. The normalized spacial score (nSPS) is 19.4. The molecule has 3 heterocycles. The number of rotatable bonds is 7. The summed E-state index contributed by atoms with van der Waals surface area (Å²) in [5.74, 6) is -0.0227. The largest absolute Gasteiger partial charge is 0.507 e. The minimum Gasteiger partial charge on any atom is -0.507 e. The van der Waals surface area contributed by atoms with Gasteiger partial charge in [0.2, 0.25) is 5.13 Å². The van der Waals surface area contributed by atoms with E-state index >= 15 is 0 Å². The van der Waals surface area contributed by atoms with E-state index in [0.717, 1.165) is 22.4 Å². The van der Waals surface area contributed by atoms with Crippen LogP contribution in [0, 0.1) is 0 Å². The molecule has 0 saturated carbocycles. The number of benzene rings is 3. The second-order valence-electron chi connectivity index (χ2n) is 10.7. The number of ether oxygens (including phenoxy) is 1. The molecular weight excluding hydrogens is 590 g/mol. The van der Waals surface area contributed by atoms with Crippen LogP contribution in [0.3, 0.4) is 0 Å². The molecule has 4 aromatic rings. The number of anilines is 1. The van der Waals surface area contributed by atoms with Crippen LogP contribution in [0.5, 0.6) is 5.75 Å². The molecule has 214 valence electrons. The van der Waals surface area contributed by atoms with Crippen molar-refractivity contribution in [2.45, 2.75) is 55.3 Å². The molecule has 1 fully saturated rings. The van der Waals surface area contributed by atoms with E-state index in [1.807, 2.05) is 61.5 Å². The summed E-state index contributed by atoms with van der Waals surface area (Å²) in [6, 6.07) is 19.8. The number of aliphatic hydroxyl groups is 1. The van der Waals surface area contributed by atoms with Gasteiger partial charge >= 0.3 is 5.91 Å². The van der Waals surface area contributed by atoms with Crippen molar-refractivity contribution in [2.75, 3.05) is 4.90 Å². The van der Waals surface area contributed by atoms with Crippen LogP contribution in [0.1, 0.15) is 60.5 Å². The van der Waals surface area contributed by atoms with E-state index in [1.54, 1.807) is 12.1 Å². The first-order valence-electron chi connectivity index (χ1n) is 13.6. The van der Waals surface area contributed by atoms with E-state index in [4.69, 9.17) is 16.3 Å². The monoisotopic (exact) mass is 617 g/mol. The van der Waals surface area contributed by atoms with Crippen molar-refractivity contribution in [3.63, 3.8) is 0 Å². The average molecular weight is 618 g/mol. The van der Waals surface area contributed by atoms with Crippen molar-refractivity contribution in [2.24, 2.45) is 0 Å². The average Bonchev–Trinajstić information content (AvgIpc) is 3.67. The molecular formula is C32H28ClN3O4S2. The number of nitrogens with zero attached hydrogens (tertiary/aromatic N) is 3. The lowest BCUT2D eigenvalue weighted by molar-refractivity contribution is -0.132. The van der Waals surface area contributed by atoms with Gasteiger partial charge in [-0.2, -0.15) is 0 Å². The Morgan fingerprint density at radius 3 is 2.55 bits per heavy atom. The number of carbonyl (C=O) groups is 2. The number of ketones is 1. The molecule has 1 amide bonds. The van der Waals surface area contributed by atoms with Crippen LogP contribution in [-0.2, 0) is 21.8 Å². The molecule has 3 aromatic carbocycles. The van der Waals surface area contributed by atoms with E-state index in [1.165, 1.54) is 28.0 Å². The van der Waals surface area contributed by atoms with Gasteiger partial charge in [0.25, 0.3) is 5.78 Å². The van der Waals surface area contributed by atoms with Crippen molar-refractivity contribution in [3.8, 4) is 5.75 Å². The molecule has 2 aliphatic rings. The Kier molecular flexibility index (Phi) is 7.83. The molecule has 0 bridgehead atoms. The van der Waals surface area contributed by atoms with Gasteiger partial charge in [-0.3, -0.25) is 14.5 Å². The number of hydrogen-bond donors (Lipinski definition) is 1. The SMILES string of the molecule is CC(C)c1ccc([C@@H]2C(=C(O)c3ccc4c(c3)C[C@H](C)O4)C(=O)C(=O)N2c2nnc(SCc3ccc(Cl)cc3)s2)cc1. The van der Waals surface area contributed by atoms with Crippen molar-refractivity contribution < 1.29 is 19.4 Å². The molecule has 1 aromatic heterocycles. The van der Waals surface area contributed by atoms with Crippen molar-refractivity contribution in [1.29, 1.82) is 0 Å². The van der Waals surface area contributed by atoms with E-state index in [9.17, 15) is 14.7 Å². The fourth-order valence-electron chi connectivity index (χ4n) is 5.22. The lowest BCUT2D eigenvalue weighted by atomic mass is 9.93. The van der Waals surface area contributed by atoms with Crippen LogP contribution >= 0.6 is 34.7 Å². The summed E-state index contributed by atoms with van der Waals surface area (Å²) >= 11 is 8.72. The Morgan fingerprint density at radius 1 is 1.10 bits per heavy atom. The molecule has 10 heteroatoms. The number of Topliss-reactive ketones (excluding diaryl/α,β-unsaturated/α-hetero) is 1. The molecule has 0 spiro atoms. The molecule has 0 unspecified atom stereocenters. The van der Waals surface area contributed by atoms with Crippen LogP contribution in [0.4, 0.5) is 5.13 Å². The molecule has 42 heavy (non-hydrogen) atoms. The minimum atomic E-state index is -0.864. The van der Waals surface area contributed by atoms with E-state index in [2.05, 4.69) is 24.0 Å². The highest BCUT2D eigenvalue weighted by atomic mass is 35.5. The highest BCUT2D eigenvalue weighted by Gasteiger charge is 2.48. The standard InChI is InChI=1S/C32H28ClN3O4S2/c1-17(2)20-6-8-21(9-7-20)27-26(28(37)22-10-13-25-23(15-22)14-18(3)40-25)29(38)30(39)36(27)31-34-35-32(42-31)41-16-19-4-11-24(33)12-5-19/h4-13,15,17-18,27,37H,14,16H2,1-3H3/t18-,27+/m0/s1. The lowest BCUT2D eigenvalue weighted by Gasteiger charge is -2.23. The van der Waals surface area contributed by atoms with Crippen molar-refractivity contribution >= 4 is 57.3 Å². The summed E-state index contributed by atoms with van der Waals surface area (Å²) in [4.78, 5) is 28.6. The first-order chi connectivity index (χ1) is 20.2. The topological polar surface area (TPSA) is 92.6 Å².